The molecule has 2 heteroatoms. The fraction of sp³-hybridized carbons (Fsp3) is 0.263. The first-order valence-electron chi connectivity index (χ1n) is 7.54. The molecule has 0 spiro atoms. The third-order valence-electron chi connectivity index (χ3n) is 4.57. The van der Waals surface area contributed by atoms with E-state index in [4.69, 9.17) is 4.42 Å². The van der Waals surface area contributed by atoms with E-state index in [1.165, 1.54) is 11.1 Å². The Labute approximate surface area is 124 Å². The molecule has 1 aromatic heterocycles. The molecule has 2 nitrogen and oxygen atoms in total. The monoisotopic (exact) mass is 278 g/mol. The number of hydrogen-bond donors (Lipinski definition) is 1. The van der Waals surface area contributed by atoms with Crippen molar-refractivity contribution in [1.82, 2.24) is 0 Å². The van der Waals surface area contributed by atoms with Crippen LogP contribution in [0.25, 0.3) is 11.0 Å². The summed E-state index contributed by atoms with van der Waals surface area (Å²) in [5.74, 6) is 0.932. The van der Waals surface area contributed by atoms with E-state index in [-0.39, 0.29) is 5.92 Å². The highest BCUT2D eigenvalue weighted by atomic mass is 16.4. The molecule has 1 heterocycles. The summed E-state index contributed by atoms with van der Waals surface area (Å²) in [6.07, 6.45) is 2.45. The van der Waals surface area contributed by atoms with Gasteiger partial charge in [0.2, 0.25) is 0 Å². The van der Waals surface area contributed by atoms with Crippen LogP contribution in [0.2, 0.25) is 0 Å². The SMILES string of the molecule is OC(c1cc2ccccc2o1)C1CCc2ccccc2C1. The van der Waals surface area contributed by atoms with Crippen molar-refractivity contribution in [2.75, 3.05) is 0 Å². The summed E-state index contributed by atoms with van der Waals surface area (Å²) in [7, 11) is 0. The normalized spacial score (nSPS) is 19.4. The van der Waals surface area contributed by atoms with Crippen LogP contribution in [0.3, 0.4) is 0 Å². The van der Waals surface area contributed by atoms with Crippen LogP contribution in [0.5, 0.6) is 0 Å². The van der Waals surface area contributed by atoms with Crippen LogP contribution in [0.15, 0.2) is 59.0 Å². The lowest BCUT2D eigenvalue weighted by atomic mass is 9.80. The lowest BCUT2D eigenvalue weighted by Crippen LogP contribution is -2.20. The van der Waals surface area contributed by atoms with E-state index in [0.717, 1.165) is 30.2 Å². The Morgan fingerprint density at radius 3 is 2.62 bits per heavy atom. The van der Waals surface area contributed by atoms with Gasteiger partial charge in [-0.3, -0.25) is 0 Å². The first kappa shape index (κ1) is 12.7. The van der Waals surface area contributed by atoms with Gasteiger partial charge in [0.05, 0.1) is 0 Å². The molecule has 106 valence electrons. The summed E-state index contributed by atoms with van der Waals surface area (Å²) in [4.78, 5) is 0. The zero-order chi connectivity index (χ0) is 14.2. The van der Waals surface area contributed by atoms with Gasteiger partial charge in [0.15, 0.2) is 0 Å². The minimum Gasteiger partial charge on any atom is -0.458 e. The van der Waals surface area contributed by atoms with Gasteiger partial charge in [-0.1, -0.05) is 42.5 Å². The molecule has 2 unspecified atom stereocenters. The fourth-order valence-electron chi connectivity index (χ4n) is 3.38. The highest BCUT2D eigenvalue weighted by Gasteiger charge is 2.28. The number of benzene rings is 2. The average molecular weight is 278 g/mol. The first-order valence-corrected chi connectivity index (χ1v) is 7.54. The van der Waals surface area contributed by atoms with Gasteiger partial charge in [-0.15, -0.1) is 0 Å². The van der Waals surface area contributed by atoms with Gasteiger partial charge in [-0.2, -0.15) is 0 Å². The van der Waals surface area contributed by atoms with E-state index >= 15 is 0 Å². The van der Waals surface area contributed by atoms with Crippen molar-refractivity contribution in [3.8, 4) is 0 Å². The second kappa shape index (κ2) is 5.05. The molecule has 21 heavy (non-hydrogen) atoms. The van der Waals surface area contributed by atoms with E-state index in [9.17, 15) is 5.11 Å². The molecule has 0 bridgehead atoms. The summed E-state index contributed by atoms with van der Waals surface area (Å²) in [5, 5.41) is 11.7. The number of aliphatic hydroxyl groups is 1. The largest absolute Gasteiger partial charge is 0.458 e. The van der Waals surface area contributed by atoms with Crippen molar-refractivity contribution in [2.45, 2.75) is 25.4 Å². The van der Waals surface area contributed by atoms with Crippen molar-refractivity contribution in [1.29, 1.82) is 0 Å². The maximum absolute atomic E-state index is 10.7. The molecule has 0 saturated carbocycles. The van der Waals surface area contributed by atoms with Crippen LogP contribution < -0.4 is 0 Å². The Kier molecular flexibility index (Phi) is 3.04. The molecule has 0 aliphatic heterocycles. The van der Waals surface area contributed by atoms with Crippen LogP contribution in [0.1, 0.15) is 29.4 Å². The van der Waals surface area contributed by atoms with Gasteiger partial charge < -0.3 is 9.52 Å². The Hall–Kier alpha value is -2.06. The zero-order valence-corrected chi connectivity index (χ0v) is 11.8. The third kappa shape index (κ3) is 2.26. The molecule has 3 aromatic rings. The number of aliphatic hydroxyl groups excluding tert-OH is 1. The summed E-state index contributed by atoms with van der Waals surface area (Å²) in [5.41, 5.74) is 3.64. The number of fused-ring (bicyclic) bond motifs is 2. The van der Waals surface area contributed by atoms with Crippen LogP contribution in [0, 0.1) is 5.92 Å². The molecular weight excluding hydrogens is 260 g/mol. The first-order chi connectivity index (χ1) is 10.3. The Morgan fingerprint density at radius 2 is 1.76 bits per heavy atom. The van der Waals surface area contributed by atoms with Gasteiger partial charge in [-0.05, 0) is 48.4 Å². The molecule has 1 aliphatic rings. The predicted octanol–water partition coefficient (Wildman–Crippen LogP) is 4.27. The number of aryl methyl sites for hydroxylation is 1. The Balaban J connectivity index is 1.62. The third-order valence-corrected chi connectivity index (χ3v) is 4.57. The van der Waals surface area contributed by atoms with E-state index in [1.807, 2.05) is 30.3 Å². The molecule has 1 N–H and O–H groups in total. The van der Waals surface area contributed by atoms with Crippen LogP contribution >= 0.6 is 0 Å². The van der Waals surface area contributed by atoms with Crippen molar-refractivity contribution < 1.29 is 9.52 Å². The number of rotatable bonds is 2. The van der Waals surface area contributed by atoms with Crippen molar-refractivity contribution in [3.63, 3.8) is 0 Å². The van der Waals surface area contributed by atoms with Gasteiger partial charge in [0, 0.05) is 5.39 Å². The molecule has 0 saturated heterocycles. The molecule has 2 atom stereocenters. The van der Waals surface area contributed by atoms with Crippen molar-refractivity contribution >= 4 is 11.0 Å². The van der Waals surface area contributed by atoms with Crippen molar-refractivity contribution in [2.24, 2.45) is 5.92 Å². The molecular formula is C19H18O2. The molecule has 2 aromatic carbocycles. The number of furan rings is 1. The van der Waals surface area contributed by atoms with Crippen LogP contribution in [-0.2, 0) is 12.8 Å². The summed E-state index contributed by atoms with van der Waals surface area (Å²) in [6, 6.07) is 18.4. The zero-order valence-electron chi connectivity index (χ0n) is 11.8. The molecule has 4 rings (SSSR count). The highest BCUT2D eigenvalue weighted by molar-refractivity contribution is 5.77. The van der Waals surface area contributed by atoms with Gasteiger partial charge >= 0.3 is 0 Å². The van der Waals surface area contributed by atoms with Crippen LogP contribution in [-0.4, -0.2) is 5.11 Å². The molecule has 1 aliphatic carbocycles. The maximum Gasteiger partial charge on any atom is 0.134 e. The summed E-state index contributed by atoms with van der Waals surface area (Å²) < 4.78 is 5.82. The van der Waals surface area contributed by atoms with Gasteiger partial charge in [-0.25, -0.2) is 0 Å². The molecule has 0 amide bonds. The minimum absolute atomic E-state index is 0.237. The van der Waals surface area contributed by atoms with E-state index in [0.29, 0.717) is 5.76 Å². The van der Waals surface area contributed by atoms with Gasteiger partial charge in [0.1, 0.15) is 17.4 Å². The Morgan fingerprint density at radius 1 is 1.00 bits per heavy atom. The molecule has 0 fully saturated rings. The maximum atomic E-state index is 10.7. The fourth-order valence-corrected chi connectivity index (χ4v) is 3.38. The lowest BCUT2D eigenvalue weighted by molar-refractivity contribution is 0.0798. The topological polar surface area (TPSA) is 33.4 Å². The predicted molar refractivity (Wildman–Crippen MR) is 83.1 cm³/mol. The van der Waals surface area contributed by atoms with E-state index in [2.05, 4.69) is 24.3 Å². The van der Waals surface area contributed by atoms with E-state index < -0.39 is 6.10 Å². The Bertz CT molecular complexity index is 739. The van der Waals surface area contributed by atoms with Crippen molar-refractivity contribution in [3.05, 3.63) is 71.5 Å². The molecule has 0 radical (unpaired) electrons. The number of para-hydroxylation sites is 1. The summed E-state index contributed by atoms with van der Waals surface area (Å²) in [6.45, 7) is 0. The number of hydrogen-bond acceptors (Lipinski definition) is 2. The lowest BCUT2D eigenvalue weighted by Gasteiger charge is -2.27. The van der Waals surface area contributed by atoms with Gasteiger partial charge in [0.25, 0.3) is 0 Å². The summed E-state index contributed by atoms with van der Waals surface area (Å²) >= 11 is 0. The standard InChI is InChI=1S/C19H18O2/c20-19(18-12-15-7-3-4-8-17(15)21-18)16-10-9-13-5-1-2-6-14(13)11-16/h1-8,12,16,19-20H,9-11H2. The second-order valence-electron chi connectivity index (χ2n) is 5.90. The average Bonchev–Trinajstić information content (AvgIpc) is 2.97. The van der Waals surface area contributed by atoms with Crippen LogP contribution in [0.4, 0.5) is 0 Å². The smallest absolute Gasteiger partial charge is 0.134 e. The second-order valence-corrected chi connectivity index (χ2v) is 5.90. The van der Waals surface area contributed by atoms with E-state index in [1.54, 1.807) is 0 Å². The highest BCUT2D eigenvalue weighted by Crippen LogP contribution is 2.36. The minimum atomic E-state index is -0.522. The quantitative estimate of drug-likeness (QED) is 0.759.